The van der Waals surface area contributed by atoms with Crippen LogP contribution in [0.1, 0.15) is 24.0 Å². The van der Waals surface area contributed by atoms with Crippen LogP contribution in [0.15, 0.2) is 49.6 Å². The van der Waals surface area contributed by atoms with Crippen LogP contribution >= 0.6 is 0 Å². The largest absolute Gasteiger partial charge is 0.463 e. The van der Waals surface area contributed by atoms with Crippen LogP contribution in [-0.2, 0) is 36.8 Å². The Bertz CT molecular complexity index is 722. The molecule has 2 amide bonds. The summed E-state index contributed by atoms with van der Waals surface area (Å²) in [5, 5.41) is 5.31. The first-order valence-corrected chi connectivity index (χ1v) is 9.92. The van der Waals surface area contributed by atoms with Crippen molar-refractivity contribution in [3.05, 3.63) is 60.7 Å². The molecular weight excluding hydrogens is 404 g/mol. The fraction of sp³-hybridized carbons (Fsp3) is 0.409. The number of ether oxygens (including phenoxy) is 4. The van der Waals surface area contributed by atoms with E-state index >= 15 is 0 Å². The second-order valence-corrected chi connectivity index (χ2v) is 6.24. The lowest BCUT2D eigenvalue weighted by atomic mass is 10.1. The number of unbranched alkanes of at least 4 members (excludes halogenated alkanes) is 1. The van der Waals surface area contributed by atoms with E-state index in [-0.39, 0.29) is 26.4 Å². The zero-order valence-corrected chi connectivity index (χ0v) is 17.6. The number of hydrogen-bond acceptors (Lipinski definition) is 7. The van der Waals surface area contributed by atoms with Crippen molar-refractivity contribution >= 4 is 18.2 Å². The summed E-state index contributed by atoms with van der Waals surface area (Å²) in [6, 6.07) is 7.40. The number of alkyl carbamates (subject to hydrolysis) is 2. The normalized spacial score (nSPS) is 9.94. The van der Waals surface area contributed by atoms with Crippen LogP contribution < -0.4 is 10.6 Å². The van der Waals surface area contributed by atoms with Crippen LogP contribution in [0.3, 0.4) is 0 Å². The van der Waals surface area contributed by atoms with Crippen molar-refractivity contribution in [3.8, 4) is 0 Å². The lowest BCUT2D eigenvalue weighted by Crippen LogP contribution is -2.26. The smallest absolute Gasteiger partial charge is 0.407 e. The van der Waals surface area contributed by atoms with Gasteiger partial charge in [0.1, 0.15) is 6.61 Å². The van der Waals surface area contributed by atoms with Gasteiger partial charge >= 0.3 is 18.2 Å². The monoisotopic (exact) mass is 434 g/mol. The Morgan fingerprint density at radius 1 is 0.839 bits per heavy atom. The molecule has 0 spiro atoms. The van der Waals surface area contributed by atoms with Crippen LogP contribution in [-0.4, -0.2) is 51.2 Å². The van der Waals surface area contributed by atoms with Crippen molar-refractivity contribution in [3.63, 3.8) is 0 Å². The average molecular weight is 434 g/mol. The maximum atomic E-state index is 11.7. The van der Waals surface area contributed by atoms with Gasteiger partial charge in [0.15, 0.2) is 0 Å². The minimum atomic E-state index is -0.534. The first kappa shape index (κ1) is 25.7. The van der Waals surface area contributed by atoms with Crippen molar-refractivity contribution in [1.82, 2.24) is 10.6 Å². The summed E-state index contributed by atoms with van der Waals surface area (Å²) in [6.45, 7) is 8.76. The first-order chi connectivity index (χ1) is 15.0. The highest BCUT2D eigenvalue weighted by Gasteiger charge is 2.05. The van der Waals surface area contributed by atoms with E-state index in [0.29, 0.717) is 32.6 Å². The van der Waals surface area contributed by atoms with Gasteiger partial charge in [-0.05, 0) is 24.0 Å². The van der Waals surface area contributed by atoms with Gasteiger partial charge in [-0.3, -0.25) is 0 Å². The Balaban J connectivity index is 2.19. The SMILES string of the molecule is C=CCOCCOC(=O)NCc1cccc(CNC(=O)OCCCCOC(=O)C=C)c1. The summed E-state index contributed by atoms with van der Waals surface area (Å²) in [4.78, 5) is 34.3. The molecule has 9 heteroatoms. The second-order valence-electron chi connectivity index (χ2n) is 6.24. The van der Waals surface area contributed by atoms with E-state index in [9.17, 15) is 14.4 Å². The summed E-state index contributed by atoms with van der Waals surface area (Å²) in [5.74, 6) is -0.471. The second kappa shape index (κ2) is 16.5. The highest BCUT2D eigenvalue weighted by molar-refractivity contribution is 5.81. The van der Waals surface area contributed by atoms with Crippen molar-refractivity contribution in [2.75, 3.05) is 33.0 Å². The lowest BCUT2D eigenvalue weighted by molar-refractivity contribution is -0.137. The molecule has 1 rings (SSSR count). The highest BCUT2D eigenvalue weighted by Crippen LogP contribution is 2.05. The van der Waals surface area contributed by atoms with E-state index in [1.54, 1.807) is 6.08 Å². The zero-order valence-electron chi connectivity index (χ0n) is 17.6. The third-order valence-corrected chi connectivity index (χ3v) is 3.74. The topological polar surface area (TPSA) is 112 Å². The van der Waals surface area contributed by atoms with Gasteiger partial charge in [0.2, 0.25) is 0 Å². The summed E-state index contributed by atoms with van der Waals surface area (Å²) in [5.41, 5.74) is 1.72. The number of esters is 1. The third-order valence-electron chi connectivity index (χ3n) is 3.74. The number of carbonyl (C=O) groups excluding carboxylic acids is 3. The van der Waals surface area contributed by atoms with Gasteiger partial charge in [-0.15, -0.1) is 6.58 Å². The predicted octanol–water partition coefficient (Wildman–Crippen LogP) is 2.85. The predicted molar refractivity (Wildman–Crippen MR) is 114 cm³/mol. The molecule has 0 unspecified atom stereocenters. The fourth-order valence-corrected chi connectivity index (χ4v) is 2.26. The van der Waals surface area contributed by atoms with Gasteiger partial charge in [-0.1, -0.05) is 36.9 Å². The average Bonchev–Trinajstić information content (AvgIpc) is 2.78. The molecular formula is C22H30N2O7. The zero-order chi connectivity index (χ0) is 22.7. The molecule has 0 aromatic heterocycles. The van der Waals surface area contributed by atoms with Crippen molar-refractivity contribution in [2.24, 2.45) is 0 Å². The molecule has 2 N–H and O–H groups in total. The Morgan fingerprint density at radius 2 is 1.42 bits per heavy atom. The molecule has 0 bridgehead atoms. The lowest BCUT2D eigenvalue weighted by Gasteiger charge is -2.10. The Hall–Kier alpha value is -3.33. The molecule has 0 aliphatic heterocycles. The summed E-state index contributed by atoms with van der Waals surface area (Å²) >= 11 is 0. The van der Waals surface area contributed by atoms with Gasteiger partial charge in [0.25, 0.3) is 0 Å². The number of carbonyl (C=O) groups is 3. The van der Waals surface area contributed by atoms with Crippen molar-refractivity contribution in [1.29, 1.82) is 0 Å². The van der Waals surface area contributed by atoms with Crippen LogP contribution in [0.2, 0.25) is 0 Å². The minimum Gasteiger partial charge on any atom is -0.463 e. The molecule has 0 heterocycles. The van der Waals surface area contributed by atoms with E-state index in [1.165, 1.54) is 0 Å². The van der Waals surface area contributed by atoms with Gasteiger partial charge in [0.05, 0.1) is 26.4 Å². The van der Waals surface area contributed by atoms with E-state index in [1.807, 2.05) is 24.3 Å². The molecule has 0 aliphatic rings. The maximum Gasteiger partial charge on any atom is 0.407 e. The van der Waals surface area contributed by atoms with Crippen molar-refractivity contribution < 1.29 is 33.3 Å². The Kier molecular flexibility index (Phi) is 13.7. The van der Waals surface area contributed by atoms with Gasteiger partial charge in [-0.2, -0.15) is 0 Å². The van der Waals surface area contributed by atoms with Gasteiger partial charge in [0, 0.05) is 19.2 Å². The van der Waals surface area contributed by atoms with Crippen LogP contribution in [0.5, 0.6) is 0 Å². The molecule has 0 radical (unpaired) electrons. The molecule has 1 aromatic rings. The molecule has 0 atom stereocenters. The summed E-state index contributed by atoms with van der Waals surface area (Å²) in [6.07, 6.45) is 2.82. The summed E-state index contributed by atoms with van der Waals surface area (Å²) in [7, 11) is 0. The molecule has 0 saturated heterocycles. The number of rotatable bonds is 15. The summed E-state index contributed by atoms with van der Waals surface area (Å²) < 4.78 is 20.0. The highest BCUT2D eigenvalue weighted by atomic mass is 16.6. The van der Waals surface area contributed by atoms with E-state index < -0.39 is 18.2 Å². The maximum absolute atomic E-state index is 11.7. The molecule has 9 nitrogen and oxygen atoms in total. The van der Waals surface area contributed by atoms with Crippen LogP contribution in [0.4, 0.5) is 9.59 Å². The van der Waals surface area contributed by atoms with Crippen molar-refractivity contribution in [2.45, 2.75) is 25.9 Å². The molecule has 0 aliphatic carbocycles. The fourth-order valence-electron chi connectivity index (χ4n) is 2.26. The van der Waals surface area contributed by atoms with Gasteiger partial charge in [-0.25, -0.2) is 14.4 Å². The molecule has 0 fully saturated rings. The minimum absolute atomic E-state index is 0.158. The number of hydrogen-bond donors (Lipinski definition) is 2. The standard InChI is InChI=1S/C22H30N2O7/c1-3-10-28-13-14-31-22(27)24-17-19-9-7-8-18(15-19)16-23-21(26)30-12-6-5-11-29-20(25)4-2/h3-4,7-9,15H,1-2,5-6,10-14,16-17H2,(H,23,26)(H,24,27). The van der Waals surface area contributed by atoms with E-state index in [4.69, 9.17) is 18.9 Å². The Morgan fingerprint density at radius 3 is 2.00 bits per heavy atom. The van der Waals surface area contributed by atoms with Gasteiger partial charge < -0.3 is 29.6 Å². The molecule has 31 heavy (non-hydrogen) atoms. The Labute approximate surface area is 182 Å². The van der Waals surface area contributed by atoms with Crippen LogP contribution in [0.25, 0.3) is 0 Å². The third kappa shape index (κ3) is 13.5. The molecule has 170 valence electrons. The molecule has 0 saturated carbocycles. The molecule has 1 aromatic carbocycles. The quantitative estimate of drug-likeness (QED) is 0.143. The van der Waals surface area contributed by atoms with E-state index in [2.05, 4.69) is 23.8 Å². The van der Waals surface area contributed by atoms with Crippen LogP contribution in [0, 0.1) is 0 Å². The number of nitrogens with one attached hydrogen (secondary N) is 2. The van der Waals surface area contributed by atoms with E-state index in [0.717, 1.165) is 17.2 Å². The first-order valence-electron chi connectivity index (χ1n) is 9.92. The number of benzene rings is 1. The number of amides is 2.